The van der Waals surface area contributed by atoms with E-state index in [1.165, 1.54) is 21.5 Å². The fourth-order valence-electron chi connectivity index (χ4n) is 6.29. The number of hydrogen-bond acceptors (Lipinski definition) is 3. The molecule has 2 aromatic heterocycles. The Bertz CT molecular complexity index is 2430. The molecular weight excluding hydrogens is 502 g/mol. The predicted octanol–water partition coefficient (Wildman–Crippen LogP) is 11.3. The molecule has 0 amide bonds. The summed E-state index contributed by atoms with van der Waals surface area (Å²) in [7, 11) is 0. The standard InChI is InChI=1S/C38H23NO2/c1-2-10-27(11-3-1)39(28-15-17-30-26(20-28)14-19-35-38(30)32-12-6-7-13-34(32)40-35)29-16-18-31-33-21-24-8-4-5-9-25(24)22-36(33)41-37(31)23-29/h1-23H. The first-order chi connectivity index (χ1) is 20.3. The van der Waals surface area contributed by atoms with Gasteiger partial charge >= 0.3 is 0 Å². The summed E-state index contributed by atoms with van der Waals surface area (Å²) >= 11 is 0. The minimum absolute atomic E-state index is 0.876. The summed E-state index contributed by atoms with van der Waals surface area (Å²) in [5, 5.41) is 9.31. The Morgan fingerprint density at radius 3 is 1.90 bits per heavy atom. The van der Waals surface area contributed by atoms with E-state index in [-0.39, 0.29) is 0 Å². The van der Waals surface area contributed by atoms with Crippen molar-refractivity contribution in [1.82, 2.24) is 0 Å². The molecule has 3 nitrogen and oxygen atoms in total. The van der Waals surface area contributed by atoms with Crippen LogP contribution in [0, 0.1) is 0 Å². The highest BCUT2D eigenvalue weighted by Gasteiger charge is 2.17. The lowest BCUT2D eigenvalue weighted by Crippen LogP contribution is -2.09. The normalized spacial score (nSPS) is 11.9. The summed E-state index contributed by atoms with van der Waals surface area (Å²) in [5.41, 5.74) is 6.82. The van der Waals surface area contributed by atoms with Crippen LogP contribution in [0.25, 0.3) is 65.4 Å². The number of benzene rings is 7. The van der Waals surface area contributed by atoms with Crippen LogP contribution in [0.3, 0.4) is 0 Å². The number of anilines is 3. The van der Waals surface area contributed by atoms with Crippen LogP contribution < -0.4 is 4.90 Å². The van der Waals surface area contributed by atoms with E-state index in [1.54, 1.807) is 0 Å². The number of rotatable bonds is 3. The molecule has 2 heterocycles. The summed E-state index contributed by atoms with van der Waals surface area (Å²) in [6.45, 7) is 0. The van der Waals surface area contributed by atoms with Crippen LogP contribution in [0.15, 0.2) is 148 Å². The zero-order valence-corrected chi connectivity index (χ0v) is 22.0. The molecule has 0 saturated heterocycles. The van der Waals surface area contributed by atoms with Crippen LogP contribution in [0.4, 0.5) is 17.1 Å². The van der Waals surface area contributed by atoms with Gasteiger partial charge in [-0.1, -0.05) is 72.8 Å². The molecule has 0 fully saturated rings. The maximum absolute atomic E-state index is 6.44. The Hall–Kier alpha value is -5.54. The van der Waals surface area contributed by atoms with Crippen molar-refractivity contribution in [1.29, 1.82) is 0 Å². The van der Waals surface area contributed by atoms with Crippen LogP contribution in [0.5, 0.6) is 0 Å². The average Bonchev–Trinajstić information content (AvgIpc) is 3.58. The molecule has 0 saturated carbocycles. The van der Waals surface area contributed by atoms with Crippen molar-refractivity contribution in [2.45, 2.75) is 0 Å². The summed E-state index contributed by atoms with van der Waals surface area (Å²) in [5.74, 6) is 0. The molecule has 0 aliphatic carbocycles. The fourth-order valence-corrected chi connectivity index (χ4v) is 6.29. The molecule has 41 heavy (non-hydrogen) atoms. The Labute approximate surface area is 235 Å². The van der Waals surface area contributed by atoms with Gasteiger partial charge in [0, 0.05) is 44.7 Å². The van der Waals surface area contributed by atoms with Gasteiger partial charge in [-0.3, -0.25) is 0 Å². The van der Waals surface area contributed by atoms with Crippen LogP contribution in [0.2, 0.25) is 0 Å². The molecule has 0 bridgehead atoms. The maximum Gasteiger partial charge on any atom is 0.137 e. The monoisotopic (exact) mass is 525 g/mol. The Balaban J connectivity index is 1.24. The minimum Gasteiger partial charge on any atom is -0.456 e. The molecule has 7 aromatic carbocycles. The largest absolute Gasteiger partial charge is 0.456 e. The first-order valence-corrected chi connectivity index (χ1v) is 13.8. The zero-order valence-electron chi connectivity index (χ0n) is 22.0. The van der Waals surface area contributed by atoms with Crippen molar-refractivity contribution in [2.24, 2.45) is 0 Å². The number of hydrogen-bond donors (Lipinski definition) is 0. The van der Waals surface area contributed by atoms with E-state index in [2.05, 4.69) is 132 Å². The lowest BCUT2D eigenvalue weighted by atomic mass is 10.0. The molecule has 0 unspecified atom stereocenters. The quantitative estimate of drug-likeness (QED) is 0.230. The average molecular weight is 526 g/mol. The molecule has 0 aliphatic rings. The first-order valence-electron chi connectivity index (χ1n) is 13.8. The first kappa shape index (κ1) is 22.3. The Morgan fingerprint density at radius 1 is 0.341 bits per heavy atom. The molecular formula is C38H23NO2. The summed E-state index contributed by atoms with van der Waals surface area (Å²) < 4.78 is 12.6. The van der Waals surface area contributed by atoms with E-state index in [1.807, 2.05) is 12.1 Å². The number of para-hydroxylation sites is 2. The molecule has 0 spiro atoms. The SMILES string of the molecule is c1ccc(N(c2ccc3c(ccc4oc5ccccc5c43)c2)c2ccc3c(c2)oc2cc4ccccc4cc23)cc1. The van der Waals surface area contributed by atoms with Crippen molar-refractivity contribution in [2.75, 3.05) is 4.90 Å². The van der Waals surface area contributed by atoms with E-state index in [9.17, 15) is 0 Å². The van der Waals surface area contributed by atoms with Crippen LogP contribution in [-0.2, 0) is 0 Å². The molecule has 0 aliphatic heterocycles. The second-order valence-corrected chi connectivity index (χ2v) is 10.6. The predicted molar refractivity (Wildman–Crippen MR) is 171 cm³/mol. The Kier molecular flexibility index (Phi) is 4.61. The van der Waals surface area contributed by atoms with Gasteiger partial charge in [0.25, 0.3) is 0 Å². The second kappa shape index (κ2) is 8.48. The molecule has 3 heteroatoms. The minimum atomic E-state index is 0.876. The fraction of sp³-hybridized carbons (Fsp3) is 0. The van der Waals surface area contributed by atoms with Crippen molar-refractivity contribution in [3.05, 3.63) is 140 Å². The highest BCUT2D eigenvalue weighted by molar-refractivity contribution is 6.19. The molecule has 9 rings (SSSR count). The molecule has 0 radical (unpaired) electrons. The van der Waals surface area contributed by atoms with Crippen molar-refractivity contribution >= 4 is 82.5 Å². The lowest BCUT2D eigenvalue weighted by Gasteiger charge is -2.25. The van der Waals surface area contributed by atoms with Gasteiger partial charge in [-0.05, 0) is 82.2 Å². The van der Waals surface area contributed by atoms with Crippen molar-refractivity contribution in [3.8, 4) is 0 Å². The highest BCUT2D eigenvalue weighted by Crippen LogP contribution is 2.41. The number of furan rings is 2. The van der Waals surface area contributed by atoms with Crippen LogP contribution in [0.1, 0.15) is 0 Å². The van der Waals surface area contributed by atoms with Gasteiger partial charge < -0.3 is 13.7 Å². The van der Waals surface area contributed by atoms with E-state index in [0.717, 1.165) is 60.9 Å². The van der Waals surface area contributed by atoms with Gasteiger partial charge in [0.05, 0.1) is 0 Å². The highest BCUT2D eigenvalue weighted by atomic mass is 16.3. The second-order valence-electron chi connectivity index (χ2n) is 10.6. The van der Waals surface area contributed by atoms with Crippen molar-refractivity contribution in [3.63, 3.8) is 0 Å². The third-order valence-electron chi connectivity index (χ3n) is 8.20. The van der Waals surface area contributed by atoms with E-state index >= 15 is 0 Å². The zero-order chi connectivity index (χ0) is 26.9. The topological polar surface area (TPSA) is 29.5 Å². The van der Waals surface area contributed by atoms with Gasteiger partial charge in [0.2, 0.25) is 0 Å². The van der Waals surface area contributed by atoms with Crippen LogP contribution in [-0.4, -0.2) is 0 Å². The van der Waals surface area contributed by atoms with Gasteiger partial charge in [-0.15, -0.1) is 0 Å². The molecule has 9 aromatic rings. The molecule has 0 atom stereocenters. The third-order valence-corrected chi connectivity index (χ3v) is 8.20. The third kappa shape index (κ3) is 3.39. The van der Waals surface area contributed by atoms with E-state index < -0.39 is 0 Å². The summed E-state index contributed by atoms with van der Waals surface area (Å²) in [6.07, 6.45) is 0. The molecule has 192 valence electrons. The number of fused-ring (bicyclic) bond motifs is 9. The summed E-state index contributed by atoms with van der Waals surface area (Å²) in [4.78, 5) is 2.29. The van der Waals surface area contributed by atoms with Gasteiger partial charge in [0.15, 0.2) is 0 Å². The van der Waals surface area contributed by atoms with E-state index in [0.29, 0.717) is 0 Å². The maximum atomic E-state index is 6.44. The Morgan fingerprint density at radius 2 is 1.02 bits per heavy atom. The van der Waals surface area contributed by atoms with Crippen molar-refractivity contribution < 1.29 is 8.83 Å². The smallest absolute Gasteiger partial charge is 0.137 e. The van der Waals surface area contributed by atoms with Gasteiger partial charge in [0.1, 0.15) is 22.3 Å². The van der Waals surface area contributed by atoms with Gasteiger partial charge in [-0.25, -0.2) is 0 Å². The summed E-state index contributed by atoms with van der Waals surface area (Å²) in [6, 6.07) is 49.0. The lowest BCUT2D eigenvalue weighted by molar-refractivity contribution is 0.669. The number of nitrogens with zero attached hydrogens (tertiary/aromatic N) is 1. The van der Waals surface area contributed by atoms with E-state index in [4.69, 9.17) is 8.83 Å². The van der Waals surface area contributed by atoms with Crippen LogP contribution >= 0.6 is 0 Å². The molecule has 0 N–H and O–H groups in total. The van der Waals surface area contributed by atoms with Gasteiger partial charge in [-0.2, -0.15) is 0 Å².